The smallest absolute Gasteiger partial charge is 0.255 e. The third-order valence-corrected chi connectivity index (χ3v) is 5.02. The first kappa shape index (κ1) is 17.9. The van der Waals surface area contributed by atoms with Gasteiger partial charge in [0.2, 0.25) is 11.8 Å². The van der Waals surface area contributed by atoms with Crippen molar-refractivity contribution in [3.63, 3.8) is 0 Å². The molecule has 2 aliphatic rings. The lowest BCUT2D eigenvalue weighted by Crippen LogP contribution is -2.28. The number of hydrogen-bond donors (Lipinski definition) is 0. The molecular weight excluding hydrogens is 348 g/mol. The normalized spacial score (nSPS) is 19.4. The largest absolute Gasteiger partial charge is 0.481 e. The molecule has 0 radical (unpaired) electrons. The van der Waals surface area contributed by atoms with E-state index in [1.54, 1.807) is 30.3 Å². The third-order valence-electron chi connectivity index (χ3n) is 5.02. The second kappa shape index (κ2) is 8.04. The highest BCUT2D eigenvalue weighted by Crippen LogP contribution is 2.29. The average molecular weight is 372 g/mol. The molecule has 2 aromatic rings. The Morgan fingerprint density at radius 1 is 1.33 bits per heavy atom. The van der Waals surface area contributed by atoms with Gasteiger partial charge in [-0.15, -0.1) is 0 Å². The Morgan fingerprint density at radius 3 is 2.96 bits per heavy atom. The molecule has 0 aromatic carbocycles. The van der Waals surface area contributed by atoms with Gasteiger partial charge in [-0.3, -0.25) is 4.79 Å². The van der Waals surface area contributed by atoms with Gasteiger partial charge in [-0.1, -0.05) is 5.16 Å². The zero-order valence-corrected chi connectivity index (χ0v) is 15.5. The molecule has 0 N–H and O–H groups in total. The highest BCUT2D eigenvalue weighted by molar-refractivity contribution is 5.94. The minimum absolute atomic E-state index is 0.0409. The molecule has 8 nitrogen and oxygen atoms in total. The minimum atomic E-state index is -0.0409. The fourth-order valence-corrected chi connectivity index (χ4v) is 3.19. The highest BCUT2D eigenvalue weighted by Gasteiger charge is 2.31. The van der Waals surface area contributed by atoms with Gasteiger partial charge in [0.25, 0.3) is 5.91 Å². The maximum atomic E-state index is 12.6. The molecule has 2 aromatic heterocycles. The van der Waals surface area contributed by atoms with Crippen molar-refractivity contribution in [1.29, 1.82) is 0 Å². The first-order valence-electron chi connectivity index (χ1n) is 9.42. The van der Waals surface area contributed by atoms with Gasteiger partial charge in [-0.25, -0.2) is 4.98 Å². The van der Waals surface area contributed by atoms with E-state index in [-0.39, 0.29) is 11.8 Å². The maximum absolute atomic E-state index is 12.6. The molecule has 1 saturated heterocycles. The number of hydrogen-bond acceptors (Lipinski definition) is 7. The Labute approximate surface area is 157 Å². The van der Waals surface area contributed by atoms with Crippen LogP contribution in [0.25, 0.3) is 0 Å². The van der Waals surface area contributed by atoms with Crippen molar-refractivity contribution in [1.82, 2.24) is 20.0 Å². The molecule has 1 aliphatic heterocycles. The van der Waals surface area contributed by atoms with Crippen LogP contribution in [0.4, 0.5) is 0 Å². The van der Waals surface area contributed by atoms with Crippen molar-refractivity contribution in [3.05, 3.63) is 35.6 Å². The predicted molar refractivity (Wildman–Crippen MR) is 95.6 cm³/mol. The van der Waals surface area contributed by atoms with Crippen LogP contribution in [-0.2, 0) is 11.2 Å². The molecule has 1 amide bonds. The van der Waals surface area contributed by atoms with Crippen LogP contribution in [0.1, 0.15) is 47.3 Å². The van der Waals surface area contributed by atoms with Gasteiger partial charge in [-0.05, 0) is 31.2 Å². The lowest BCUT2D eigenvalue weighted by Gasteiger charge is -2.15. The number of nitrogens with zero attached hydrogens (tertiary/aromatic N) is 4. The second-order valence-corrected chi connectivity index (χ2v) is 7.14. The van der Waals surface area contributed by atoms with Crippen molar-refractivity contribution in [2.24, 2.45) is 5.92 Å². The van der Waals surface area contributed by atoms with E-state index < -0.39 is 0 Å². The summed E-state index contributed by atoms with van der Waals surface area (Å²) >= 11 is 0. The third kappa shape index (κ3) is 4.44. The second-order valence-electron chi connectivity index (χ2n) is 7.14. The van der Waals surface area contributed by atoms with Crippen LogP contribution in [0.15, 0.2) is 22.9 Å². The molecule has 27 heavy (non-hydrogen) atoms. The molecule has 3 heterocycles. The van der Waals surface area contributed by atoms with E-state index in [9.17, 15) is 4.79 Å². The molecule has 0 bridgehead atoms. The summed E-state index contributed by atoms with van der Waals surface area (Å²) in [6, 6.07) is 3.42. The number of ether oxygens (including phenoxy) is 2. The summed E-state index contributed by atoms with van der Waals surface area (Å²) in [7, 11) is 1.55. The van der Waals surface area contributed by atoms with Crippen LogP contribution in [0.2, 0.25) is 0 Å². The Balaban J connectivity index is 1.28. The molecule has 1 aliphatic carbocycles. The molecule has 1 unspecified atom stereocenters. The maximum Gasteiger partial charge on any atom is 0.255 e. The monoisotopic (exact) mass is 372 g/mol. The van der Waals surface area contributed by atoms with E-state index in [0.717, 1.165) is 18.9 Å². The summed E-state index contributed by atoms with van der Waals surface area (Å²) < 4.78 is 16.1. The van der Waals surface area contributed by atoms with Crippen LogP contribution in [0.5, 0.6) is 5.88 Å². The van der Waals surface area contributed by atoms with E-state index in [2.05, 4.69) is 15.1 Å². The number of carbonyl (C=O) groups is 1. The predicted octanol–water partition coefficient (Wildman–Crippen LogP) is 2.07. The zero-order valence-electron chi connectivity index (χ0n) is 15.5. The van der Waals surface area contributed by atoms with Crippen LogP contribution in [0, 0.1) is 5.92 Å². The number of aromatic nitrogens is 3. The highest BCUT2D eigenvalue weighted by atomic mass is 16.5. The SMILES string of the molecule is COc1ccc(C(=O)N2CCC(c3nc(CCOCC4CC4)no3)C2)cn1. The standard InChI is InChI=1S/C19H24N4O4/c1-25-17-5-4-14(10-20-17)19(24)23-8-6-15(11-23)18-21-16(22-27-18)7-9-26-12-13-2-3-13/h4-5,10,13,15H,2-3,6-9,11-12H2,1H3. The fraction of sp³-hybridized carbons (Fsp3) is 0.579. The van der Waals surface area contributed by atoms with Crippen molar-refractivity contribution in [2.75, 3.05) is 33.4 Å². The van der Waals surface area contributed by atoms with Gasteiger partial charge < -0.3 is 18.9 Å². The quantitative estimate of drug-likeness (QED) is 0.655. The number of carbonyl (C=O) groups excluding carboxylic acids is 1. The van der Waals surface area contributed by atoms with E-state index in [0.29, 0.717) is 49.3 Å². The van der Waals surface area contributed by atoms with Gasteiger partial charge >= 0.3 is 0 Å². The Hall–Kier alpha value is -2.48. The van der Waals surface area contributed by atoms with Gasteiger partial charge in [0, 0.05) is 38.4 Å². The number of rotatable bonds is 8. The van der Waals surface area contributed by atoms with Gasteiger partial charge in [0.15, 0.2) is 5.82 Å². The Morgan fingerprint density at radius 2 is 2.22 bits per heavy atom. The number of likely N-dealkylation sites (tertiary alicyclic amines) is 1. The van der Waals surface area contributed by atoms with Crippen LogP contribution in [0.3, 0.4) is 0 Å². The molecule has 8 heteroatoms. The topological polar surface area (TPSA) is 90.6 Å². The first-order chi connectivity index (χ1) is 13.2. The fourth-order valence-electron chi connectivity index (χ4n) is 3.19. The summed E-state index contributed by atoms with van der Waals surface area (Å²) in [6.45, 7) is 2.70. The van der Waals surface area contributed by atoms with Gasteiger partial charge in [0.05, 0.1) is 25.2 Å². The molecule has 1 saturated carbocycles. The molecular formula is C19H24N4O4. The number of methoxy groups -OCH3 is 1. The van der Waals surface area contributed by atoms with Crippen LogP contribution < -0.4 is 4.74 Å². The molecule has 1 atom stereocenters. The Bertz CT molecular complexity index is 772. The lowest BCUT2D eigenvalue weighted by molar-refractivity contribution is 0.0789. The van der Waals surface area contributed by atoms with Crippen LogP contribution >= 0.6 is 0 Å². The molecule has 144 valence electrons. The molecule has 4 rings (SSSR count). The minimum Gasteiger partial charge on any atom is -0.481 e. The van der Waals surface area contributed by atoms with Crippen molar-refractivity contribution in [2.45, 2.75) is 31.6 Å². The zero-order chi connectivity index (χ0) is 18.6. The Kier molecular flexibility index (Phi) is 5.33. The van der Waals surface area contributed by atoms with Gasteiger partial charge in [-0.2, -0.15) is 4.98 Å². The van der Waals surface area contributed by atoms with E-state index in [4.69, 9.17) is 14.0 Å². The summed E-state index contributed by atoms with van der Waals surface area (Å²) in [6.07, 6.45) is 5.59. The summed E-state index contributed by atoms with van der Waals surface area (Å²) in [5.41, 5.74) is 0.551. The lowest BCUT2D eigenvalue weighted by atomic mass is 10.1. The summed E-state index contributed by atoms with van der Waals surface area (Å²) in [5, 5.41) is 4.05. The van der Waals surface area contributed by atoms with Crippen LogP contribution in [-0.4, -0.2) is 59.3 Å². The molecule has 2 fully saturated rings. The van der Waals surface area contributed by atoms with E-state index in [1.807, 2.05) is 0 Å². The van der Waals surface area contributed by atoms with Gasteiger partial charge in [0.1, 0.15) is 0 Å². The van der Waals surface area contributed by atoms with Crippen molar-refractivity contribution >= 4 is 5.91 Å². The first-order valence-corrected chi connectivity index (χ1v) is 9.42. The summed E-state index contributed by atoms with van der Waals surface area (Å²) in [5.74, 6) is 2.56. The number of amides is 1. The van der Waals surface area contributed by atoms with Crippen molar-refractivity contribution in [3.8, 4) is 5.88 Å². The van der Waals surface area contributed by atoms with Crippen molar-refractivity contribution < 1.29 is 18.8 Å². The number of pyridine rings is 1. The van der Waals surface area contributed by atoms with E-state index in [1.165, 1.54) is 12.8 Å². The molecule has 0 spiro atoms. The summed E-state index contributed by atoms with van der Waals surface area (Å²) in [4.78, 5) is 23.0. The average Bonchev–Trinajstić information content (AvgIpc) is 3.19. The van der Waals surface area contributed by atoms with E-state index >= 15 is 0 Å².